The Hall–Kier alpha value is -2.15. The molecule has 1 aromatic heterocycles. The maximum atomic E-state index is 13.3. The number of carbonyl (C=O) groups is 1. The second-order valence-electron chi connectivity index (χ2n) is 3.99. The van der Waals surface area contributed by atoms with Crippen LogP contribution < -0.4 is 5.43 Å². The van der Waals surface area contributed by atoms with Crippen LogP contribution in [0.4, 0.5) is 8.78 Å². The molecule has 0 aliphatic heterocycles. The summed E-state index contributed by atoms with van der Waals surface area (Å²) in [4.78, 5) is 15.7. The lowest BCUT2D eigenvalue weighted by atomic mass is 10.2. The van der Waals surface area contributed by atoms with Crippen LogP contribution in [0.5, 0.6) is 0 Å². The Kier molecular flexibility index (Phi) is 4.52. The third-order valence-corrected chi connectivity index (χ3v) is 3.19. The number of rotatable bonds is 4. The molecule has 0 fully saturated rings. The van der Waals surface area contributed by atoms with Gasteiger partial charge in [-0.3, -0.25) is 4.79 Å². The van der Waals surface area contributed by atoms with E-state index in [0.29, 0.717) is 5.69 Å². The summed E-state index contributed by atoms with van der Waals surface area (Å²) in [5.41, 5.74) is 3.02. The van der Waals surface area contributed by atoms with E-state index in [9.17, 15) is 13.6 Å². The number of aryl methyl sites for hydroxylation is 1. The molecule has 4 nitrogen and oxygen atoms in total. The number of hydrazone groups is 1. The second kappa shape index (κ2) is 6.33. The molecule has 0 bridgehead atoms. The topological polar surface area (TPSA) is 54.4 Å². The van der Waals surface area contributed by atoms with E-state index in [-0.39, 0.29) is 17.9 Å². The maximum Gasteiger partial charge on any atom is 0.246 e. The lowest BCUT2D eigenvalue weighted by Gasteiger charge is -1.98. The van der Waals surface area contributed by atoms with E-state index in [2.05, 4.69) is 15.5 Å². The quantitative estimate of drug-likeness (QED) is 0.695. The summed E-state index contributed by atoms with van der Waals surface area (Å²) in [7, 11) is 0. The Morgan fingerprint density at radius 1 is 1.50 bits per heavy atom. The number of carbonyl (C=O) groups excluding carboxylic acids is 1. The number of hydrogen-bond donors (Lipinski definition) is 1. The summed E-state index contributed by atoms with van der Waals surface area (Å²) in [6.07, 6.45) is 1.23. The highest BCUT2D eigenvalue weighted by Crippen LogP contribution is 2.08. The molecule has 2 aromatic rings. The van der Waals surface area contributed by atoms with E-state index in [1.54, 1.807) is 5.38 Å². The zero-order valence-electron chi connectivity index (χ0n) is 10.6. The summed E-state index contributed by atoms with van der Waals surface area (Å²) >= 11 is 1.46. The van der Waals surface area contributed by atoms with Crippen LogP contribution in [0.25, 0.3) is 0 Å². The fraction of sp³-hybridized carbons (Fsp3) is 0.154. The van der Waals surface area contributed by atoms with Crippen LogP contribution in [0.15, 0.2) is 28.7 Å². The van der Waals surface area contributed by atoms with Gasteiger partial charge in [0.25, 0.3) is 0 Å². The van der Waals surface area contributed by atoms with Gasteiger partial charge in [0.1, 0.15) is 11.6 Å². The molecule has 2 rings (SSSR count). The highest BCUT2D eigenvalue weighted by atomic mass is 32.1. The number of hydrogen-bond acceptors (Lipinski definition) is 4. The molecule has 0 spiro atoms. The minimum absolute atomic E-state index is 0.0937. The summed E-state index contributed by atoms with van der Waals surface area (Å²) < 4.78 is 26.0. The molecular weight excluding hydrogens is 284 g/mol. The molecule has 0 saturated heterocycles. The van der Waals surface area contributed by atoms with Gasteiger partial charge in [-0.05, 0) is 19.1 Å². The fourth-order valence-electron chi connectivity index (χ4n) is 1.47. The first-order valence-corrected chi connectivity index (χ1v) is 6.60. The molecular formula is C13H11F2N3OS. The lowest BCUT2D eigenvalue weighted by molar-refractivity contribution is -0.120. The predicted molar refractivity (Wildman–Crippen MR) is 72.6 cm³/mol. The van der Waals surface area contributed by atoms with Gasteiger partial charge in [-0.2, -0.15) is 5.10 Å². The average molecular weight is 295 g/mol. The van der Waals surface area contributed by atoms with Gasteiger partial charge in [-0.1, -0.05) is 0 Å². The number of amides is 1. The normalized spacial score (nSPS) is 10.9. The number of nitrogens with one attached hydrogen (secondary N) is 1. The van der Waals surface area contributed by atoms with Crippen LogP contribution in [0.2, 0.25) is 0 Å². The molecule has 0 aliphatic rings. The molecule has 7 heteroatoms. The third-order valence-electron chi connectivity index (χ3n) is 2.36. The number of aromatic nitrogens is 1. The minimum Gasteiger partial charge on any atom is -0.273 e. The molecule has 104 valence electrons. The van der Waals surface area contributed by atoms with Gasteiger partial charge < -0.3 is 0 Å². The van der Waals surface area contributed by atoms with E-state index in [4.69, 9.17) is 0 Å². The van der Waals surface area contributed by atoms with Crippen molar-refractivity contribution in [3.05, 3.63) is 51.5 Å². The van der Waals surface area contributed by atoms with Crippen LogP contribution in [-0.2, 0) is 11.2 Å². The van der Waals surface area contributed by atoms with Crippen LogP contribution in [-0.4, -0.2) is 17.1 Å². The van der Waals surface area contributed by atoms with Crippen molar-refractivity contribution >= 4 is 23.5 Å². The summed E-state index contributed by atoms with van der Waals surface area (Å²) in [5.74, 6) is -1.75. The monoisotopic (exact) mass is 295 g/mol. The Bertz CT molecular complexity index is 655. The van der Waals surface area contributed by atoms with Crippen molar-refractivity contribution in [2.24, 2.45) is 5.10 Å². The van der Waals surface area contributed by atoms with Gasteiger partial charge in [0.05, 0.1) is 23.3 Å². The summed E-state index contributed by atoms with van der Waals surface area (Å²) in [6.45, 7) is 1.85. The molecule has 1 N–H and O–H groups in total. The molecule has 20 heavy (non-hydrogen) atoms. The predicted octanol–water partition coefficient (Wildman–Crippen LogP) is 2.42. The fourth-order valence-corrected chi connectivity index (χ4v) is 2.09. The molecule has 0 saturated carbocycles. The van der Waals surface area contributed by atoms with Crippen molar-refractivity contribution in [2.75, 3.05) is 0 Å². The van der Waals surface area contributed by atoms with E-state index in [0.717, 1.165) is 23.4 Å². The minimum atomic E-state index is -0.738. The van der Waals surface area contributed by atoms with Crippen molar-refractivity contribution in [1.29, 1.82) is 0 Å². The molecule has 1 amide bonds. The molecule has 0 aliphatic carbocycles. The van der Waals surface area contributed by atoms with Crippen molar-refractivity contribution in [2.45, 2.75) is 13.3 Å². The Morgan fingerprint density at radius 2 is 2.30 bits per heavy atom. The first-order chi connectivity index (χ1) is 9.54. The molecule has 0 atom stereocenters. The van der Waals surface area contributed by atoms with Crippen LogP contribution in [0, 0.1) is 18.6 Å². The van der Waals surface area contributed by atoms with E-state index in [1.807, 2.05) is 6.92 Å². The van der Waals surface area contributed by atoms with Gasteiger partial charge in [0, 0.05) is 17.0 Å². The standard InChI is InChI=1S/C13H11F2N3OS/c1-8-17-11(7-20-8)5-13(19)18-16-6-9-2-3-10(14)4-12(9)15/h2-4,6-7H,5H2,1H3,(H,18,19). The van der Waals surface area contributed by atoms with Crippen LogP contribution in [0.3, 0.4) is 0 Å². The molecule has 1 aromatic carbocycles. The van der Waals surface area contributed by atoms with Gasteiger partial charge >= 0.3 is 0 Å². The highest BCUT2D eigenvalue weighted by Gasteiger charge is 2.05. The van der Waals surface area contributed by atoms with Crippen LogP contribution in [0.1, 0.15) is 16.3 Å². The number of halogens is 2. The van der Waals surface area contributed by atoms with E-state index >= 15 is 0 Å². The van der Waals surface area contributed by atoms with Gasteiger partial charge in [0.15, 0.2) is 0 Å². The Labute approximate surface area is 118 Å². The summed E-state index contributed by atoms with van der Waals surface area (Å²) in [6, 6.07) is 3.11. The number of benzene rings is 1. The zero-order valence-corrected chi connectivity index (χ0v) is 11.4. The van der Waals surface area contributed by atoms with Crippen LogP contribution >= 0.6 is 11.3 Å². The molecule has 1 heterocycles. The number of nitrogens with zero attached hydrogens (tertiary/aromatic N) is 2. The van der Waals surface area contributed by atoms with E-state index in [1.165, 1.54) is 17.4 Å². The Morgan fingerprint density at radius 3 is 2.95 bits per heavy atom. The first kappa shape index (κ1) is 14.3. The second-order valence-corrected chi connectivity index (χ2v) is 5.06. The lowest BCUT2D eigenvalue weighted by Crippen LogP contribution is -2.20. The van der Waals surface area contributed by atoms with Crippen molar-refractivity contribution < 1.29 is 13.6 Å². The van der Waals surface area contributed by atoms with E-state index < -0.39 is 11.6 Å². The maximum absolute atomic E-state index is 13.3. The number of thiazole rings is 1. The van der Waals surface area contributed by atoms with Gasteiger partial charge in [-0.25, -0.2) is 19.2 Å². The smallest absolute Gasteiger partial charge is 0.246 e. The first-order valence-electron chi connectivity index (χ1n) is 5.72. The average Bonchev–Trinajstić information content (AvgIpc) is 2.77. The molecule has 0 unspecified atom stereocenters. The zero-order chi connectivity index (χ0) is 14.5. The van der Waals surface area contributed by atoms with Crippen molar-refractivity contribution in [1.82, 2.24) is 10.4 Å². The SMILES string of the molecule is Cc1nc(CC(=O)NN=Cc2ccc(F)cc2F)cs1. The largest absolute Gasteiger partial charge is 0.273 e. The highest BCUT2D eigenvalue weighted by molar-refractivity contribution is 7.09. The Balaban J connectivity index is 1.91. The molecule has 0 radical (unpaired) electrons. The van der Waals surface area contributed by atoms with Crippen molar-refractivity contribution in [3.8, 4) is 0 Å². The summed E-state index contributed by atoms with van der Waals surface area (Å²) in [5, 5.41) is 6.29. The van der Waals surface area contributed by atoms with Gasteiger partial charge in [0.2, 0.25) is 5.91 Å². The third kappa shape index (κ3) is 3.92. The van der Waals surface area contributed by atoms with Gasteiger partial charge in [-0.15, -0.1) is 11.3 Å². The van der Waals surface area contributed by atoms with Crippen molar-refractivity contribution in [3.63, 3.8) is 0 Å².